The van der Waals surface area contributed by atoms with E-state index < -0.39 is 6.03 Å². The Morgan fingerprint density at radius 2 is 1.63 bits per heavy atom. The van der Waals surface area contributed by atoms with Crippen LogP contribution in [0, 0.1) is 0 Å². The minimum absolute atomic E-state index is 0.0101. The predicted molar refractivity (Wildman–Crippen MR) is 136 cm³/mol. The topological polar surface area (TPSA) is 82.3 Å². The number of amides is 4. The highest BCUT2D eigenvalue weighted by Crippen LogP contribution is 2.33. The van der Waals surface area contributed by atoms with Crippen molar-refractivity contribution in [3.05, 3.63) is 65.2 Å². The molecule has 188 valence electrons. The molecule has 0 aromatic heterocycles. The quantitative estimate of drug-likeness (QED) is 0.686. The van der Waals surface area contributed by atoms with E-state index in [1.807, 2.05) is 34.2 Å². The number of hydrazine groups is 1. The molecule has 2 heterocycles. The second kappa shape index (κ2) is 10.2. The molecule has 1 atom stereocenters. The molecule has 4 amide bonds. The molecule has 1 unspecified atom stereocenters. The number of hydrogen-bond acceptors (Lipinski definition) is 4. The van der Waals surface area contributed by atoms with Crippen LogP contribution in [-0.4, -0.2) is 78.3 Å². The lowest BCUT2D eigenvalue weighted by Gasteiger charge is -2.38. The number of carbonyl (C=O) groups is 2. The highest BCUT2D eigenvalue weighted by atomic mass is 16.5. The summed E-state index contributed by atoms with van der Waals surface area (Å²) in [6, 6.07) is 16.2. The van der Waals surface area contributed by atoms with Gasteiger partial charge in [0.25, 0.3) is 0 Å². The molecule has 0 spiro atoms. The molecular formula is C27H37N5O3. The van der Waals surface area contributed by atoms with Crippen LogP contribution < -0.4 is 10.5 Å². The first-order valence-corrected chi connectivity index (χ1v) is 12.3. The van der Waals surface area contributed by atoms with Crippen molar-refractivity contribution in [2.75, 3.05) is 46.4 Å². The van der Waals surface area contributed by atoms with Gasteiger partial charge < -0.3 is 20.3 Å². The Bertz CT molecular complexity index is 1020. The first-order valence-electron chi connectivity index (χ1n) is 12.3. The van der Waals surface area contributed by atoms with Gasteiger partial charge in [0.15, 0.2) is 0 Å². The molecule has 2 N–H and O–H groups in total. The standard InChI is InChI=1S/C27H37N5O3/c1-27(2,3)22-9-7-21(8-10-22)24-19-32(30-17-15-29(16-18-30)25(28)33)26(34)31(24)14-13-20-5-11-23(35-4)12-6-20/h5-12,24H,13-19H2,1-4H3,(H2,28,33). The minimum atomic E-state index is -0.407. The number of primary amides is 1. The number of ether oxygens (including phenoxy) is 1. The molecule has 2 aromatic carbocycles. The van der Waals surface area contributed by atoms with E-state index in [-0.39, 0.29) is 17.5 Å². The summed E-state index contributed by atoms with van der Waals surface area (Å²) >= 11 is 0. The van der Waals surface area contributed by atoms with E-state index in [0.717, 1.165) is 23.3 Å². The largest absolute Gasteiger partial charge is 0.497 e. The fraction of sp³-hybridized carbons (Fsp3) is 0.481. The van der Waals surface area contributed by atoms with Gasteiger partial charge in [-0.1, -0.05) is 57.2 Å². The van der Waals surface area contributed by atoms with Crippen LogP contribution in [0.15, 0.2) is 48.5 Å². The van der Waals surface area contributed by atoms with Gasteiger partial charge >= 0.3 is 12.1 Å². The minimum Gasteiger partial charge on any atom is -0.497 e. The summed E-state index contributed by atoms with van der Waals surface area (Å²) in [5.41, 5.74) is 9.09. The van der Waals surface area contributed by atoms with Gasteiger partial charge in [0, 0.05) is 32.7 Å². The summed E-state index contributed by atoms with van der Waals surface area (Å²) in [5, 5.41) is 3.92. The van der Waals surface area contributed by atoms with Gasteiger partial charge in [-0.05, 0) is 40.7 Å². The van der Waals surface area contributed by atoms with Crippen LogP contribution in [0.25, 0.3) is 0 Å². The van der Waals surface area contributed by atoms with Gasteiger partial charge in [0.1, 0.15) is 5.75 Å². The number of piperazine rings is 1. The zero-order valence-electron chi connectivity index (χ0n) is 21.2. The van der Waals surface area contributed by atoms with Crippen LogP contribution in [0.3, 0.4) is 0 Å². The van der Waals surface area contributed by atoms with E-state index in [1.165, 1.54) is 5.56 Å². The molecule has 8 nitrogen and oxygen atoms in total. The number of methoxy groups -OCH3 is 1. The van der Waals surface area contributed by atoms with Gasteiger partial charge in [-0.25, -0.2) is 14.6 Å². The first kappa shape index (κ1) is 24.9. The summed E-state index contributed by atoms with van der Waals surface area (Å²) in [4.78, 5) is 28.8. The predicted octanol–water partition coefficient (Wildman–Crippen LogP) is 3.63. The zero-order chi connectivity index (χ0) is 25.2. The molecule has 0 saturated carbocycles. The van der Waals surface area contributed by atoms with Crippen molar-refractivity contribution < 1.29 is 14.3 Å². The average Bonchev–Trinajstić information content (AvgIpc) is 3.18. The molecule has 2 aliphatic heterocycles. The SMILES string of the molecule is COc1ccc(CCN2C(=O)N(N3CCN(C(N)=O)CC3)CC2c2ccc(C(C)(C)C)cc2)cc1. The lowest BCUT2D eigenvalue weighted by Crippen LogP contribution is -2.56. The Hall–Kier alpha value is -3.26. The van der Waals surface area contributed by atoms with E-state index >= 15 is 0 Å². The second-order valence-electron chi connectivity index (χ2n) is 10.3. The Labute approximate surface area is 208 Å². The van der Waals surface area contributed by atoms with E-state index in [2.05, 4.69) is 50.0 Å². The van der Waals surface area contributed by atoms with Gasteiger partial charge in [0.05, 0.1) is 19.7 Å². The average molecular weight is 480 g/mol. The molecular weight excluding hydrogens is 442 g/mol. The molecule has 0 radical (unpaired) electrons. The summed E-state index contributed by atoms with van der Waals surface area (Å²) < 4.78 is 5.27. The molecule has 2 saturated heterocycles. The number of nitrogens with two attached hydrogens (primary N) is 1. The fourth-order valence-electron chi connectivity index (χ4n) is 4.80. The van der Waals surface area contributed by atoms with Crippen molar-refractivity contribution in [3.8, 4) is 5.75 Å². The highest BCUT2D eigenvalue weighted by Gasteiger charge is 2.41. The molecule has 2 aliphatic rings. The lowest BCUT2D eigenvalue weighted by molar-refractivity contribution is -0.00414. The van der Waals surface area contributed by atoms with Gasteiger partial charge in [-0.2, -0.15) is 0 Å². The van der Waals surface area contributed by atoms with Crippen LogP contribution in [0.2, 0.25) is 0 Å². The van der Waals surface area contributed by atoms with E-state index in [1.54, 1.807) is 12.0 Å². The smallest absolute Gasteiger partial charge is 0.335 e. The first-order chi connectivity index (χ1) is 16.7. The maximum absolute atomic E-state index is 13.6. The summed E-state index contributed by atoms with van der Waals surface area (Å²) in [6.45, 7) is 10.1. The maximum Gasteiger partial charge on any atom is 0.335 e. The van der Waals surface area contributed by atoms with Crippen LogP contribution in [0.5, 0.6) is 5.75 Å². The third-order valence-corrected chi connectivity index (χ3v) is 7.06. The molecule has 8 heteroatoms. The van der Waals surface area contributed by atoms with Crippen LogP contribution in [-0.2, 0) is 11.8 Å². The summed E-state index contributed by atoms with van der Waals surface area (Å²) in [5.74, 6) is 0.823. The van der Waals surface area contributed by atoms with Crippen molar-refractivity contribution in [2.45, 2.75) is 38.6 Å². The lowest BCUT2D eigenvalue weighted by atomic mass is 9.86. The number of benzene rings is 2. The van der Waals surface area contributed by atoms with Crippen LogP contribution in [0.4, 0.5) is 9.59 Å². The molecule has 0 aliphatic carbocycles. The zero-order valence-corrected chi connectivity index (χ0v) is 21.2. The summed E-state index contributed by atoms with van der Waals surface area (Å²) in [7, 11) is 1.66. The number of rotatable bonds is 6. The normalized spacial score (nSPS) is 19.4. The monoisotopic (exact) mass is 479 g/mol. The Kier molecular flexibility index (Phi) is 7.21. The van der Waals surface area contributed by atoms with Gasteiger partial charge in [-0.15, -0.1) is 0 Å². The number of urea groups is 2. The van der Waals surface area contributed by atoms with Gasteiger partial charge in [-0.3, -0.25) is 5.01 Å². The molecule has 4 rings (SSSR count). The number of nitrogens with zero attached hydrogens (tertiary/aromatic N) is 4. The van der Waals surface area contributed by atoms with Crippen molar-refractivity contribution in [1.82, 2.24) is 19.8 Å². The van der Waals surface area contributed by atoms with Crippen molar-refractivity contribution in [1.29, 1.82) is 0 Å². The van der Waals surface area contributed by atoms with Crippen molar-refractivity contribution >= 4 is 12.1 Å². The Morgan fingerprint density at radius 1 is 1.00 bits per heavy atom. The molecule has 35 heavy (non-hydrogen) atoms. The molecule has 2 fully saturated rings. The van der Waals surface area contributed by atoms with Crippen molar-refractivity contribution in [3.63, 3.8) is 0 Å². The van der Waals surface area contributed by atoms with E-state index in [4.69, 9.17) is 10.5 Å². The van der Waals surface area contributed by atoms with Crippen molar-refractivity contribution in [2.24, 2.45) is 5.73 Å². The van der Waals surface area contributed by atoms with E-state index in [0.29, 0.717) is 39.3 Å². The molecule has 2 aromatic rings. The Balaban J connectivity index is 1.53. The number of carbonyl (C=O) groups excluding carboxylic acids is 2. The van der Waals surface area contributed by atoms with Crippen LogP contribution >= 0.6 is 0 Å². The second-order valence-corrected chi connectivity index (χ2v) is 10.3. The molecule has 0 bridgehead atoms. The Morgan fingerprint density at radius 3 is 2.17 bits per heavy atom. The number of hydrogen-bond donors (Lipinski definition) is 1. The van der Waals surface area contributed by atoms with Crippen LogP contribution in [0.1, 0.15) is 43.5 Å². The third-order valence-electron chi connectivity index (χ3n) is 7.06. The third kappa shape index (κ3) is 5.53. The highest BCUT2D eigenvalue weighted by molar-refractivity contribution is 5.77. The fourth-order valence-corrected chi connectivity index (χ4v) is 4.80. The van der Waals surface area contributed by atoms with Gasteiger partial charge in [0.2, 0.25) is 0 Å². The summed E-state index contributed by atoms with van der Waals surface area (Å²) in [6.07, 6.45) is 0.760. The van der Waals surface area contributed by atoms with E-state index in [9.17, 15) is 9.59 Å². The maximum atomic E-state index is 13.6.